The van der Waals surface area contributed by atoms with E-state index in [0.29, 0.717) is 5.76 Å². The third-order valence-electron chi connectivity index (χ3n) is 5.31. The van der Waals surface area contributed by atoms with Gasteiger partial charge in [0.2, 0.25) is 0 Å². The van der Waals surface area contributed by atoms with Crippen LogP contribution in [-0.2, 0) is 9.31 Å². The van der Waals surface area contributed by atoms with Gasteiger partial charge in [0.1, 0.15) is 5.60 Å². The van der Waals surface area contributed by atoms with E-state index in [1.807, 2.05) is 19.9 Å². The molecule has 1 aliphatic heterocycles. The lowest BCUT2D eigenvalue weighted by Crippen LogP contribution is -2.34. The molecule has 0 aliphatic carbocycles. The Morgan fingerprint density at radius 2 is 1.56 bits per heavy atom. The Kier molecular flexibility index (Phi) is 3.46. The van der Waals surface area contributed by atoms with Crippen molar-refractivity contribution in [2.75, 3.05) is 0 Å². The third kappa shape index (κ3) is 2.48. The number of benzene rings is 3. The Hall–Kier alpha value is -2.98. The fourth-order valence-electron chi connectivity index (χ4n) is 3.76. The molecule has 0 spiro atoms. The highest BCUT2D eigenvalue weighted by atomic mass is 16.7. The molecule has 5 rings (SSSR count). The average molecular weight is 353 g/mol. The van der Waals surface area contributed by atoms with Gasteiger partial charge in [0.15, 0.2) is 0 Å². The highest BCUT2D eigenvalue weighted by Crippen LogP contribution is 2.33. The Balaban J connectivity index is 1.73. The van der Waals surface area contributed by atoms with E-state index < -0.39 is 12.7 Å². The zero-order chi connectivity index (χ0) is 18.6. The quantitative estimate of drug-likeness (QED) is 0.483. The van der Waals surface area contributed by atoms with Gasteiger partial charge >= 0.3 is 7.12 Å². The van der Waals surface area contributed by atoms with Crippen molar-refractivity contribution in [2.24, 2.45) is 0 Å². The lowest BCUT2D eigenvalue weighted by Gasteiger charge is -2.15. The highest BCUT2D eigenvalue weighted by molar-refractivity contribution is 6.62. The summed E-state index contributed by atoms with van der Waals surface area (Å²) < 4.78 is 14.3. The molecule has 0 radical (unpaired) electrons. The molecule has 0 amide bonds. The summed E-state index contributed by atoms with van der Waals surface area (Å²) in [5, 5.41) is 2.41. The van der Waals surface area contributed by atoms with Crippen LogP contribution in [0.1, 0.15) is 13.8 Å². The van der Waals surface area contributed by atoms with Gasteiger partial charge in [0.05, 0.1) is 16.8 Å². The summed E-state index contributed by atoms with van der Waals surface area (Å²) in [5.74, 6) is 0.666. The monoisotopic (exact) mass is 353 g/mol. The zero-order valence-electron chi connectivity index (χ0n) is 15.5. The molecule has 1 saturated heterocycles. The van der Waals surface area contributed by atoms with Crippen molar-refractivity contribution in [1.82, 2.24) is 4.57 Å². The molecule has 3 nitrogen and oxygen atoms in total. The number of hydrogen-bond acceptors (Lipinski definition) is 2. The first-order valence-electron chi connectivity index (χ1n) is 9.17. The van der Waals surface area contributed by atoms with Crippen LogP contribution in [-0.4, -0.2) is 17.3 Å². The van der Waals surface area contributed by atoms with Crippen molar-refractivity contribution in [2.45, 2.75) is 19.4 Å². The van der Waals surface area contributed by atoms with Crippen molar-refractivity contribution in [3.05, 3.63) is 85.1 Å². The predicted molar refractivity (Wildman–Crippen MR) is 112 cm³/mol. The first-order chi connectivity index (χ1) is 13.0. The molecule has 2 heterocycles. The molecular formula is C23H20BNO2. The third-order valence-corrected chi connectivity index (χ3v) is 5.31. The lowest BCUT2D eigenvalue weighted by molar-refractivity contribution is 0.173. The molecule has 132 valence electrons. The normalized spacial score (nSPS) is 16.2. The first kappa shape index (κ1) is 16.2. The van der Waals surface area contributed by atoms with Crippen LogP contribution < -0.4 is 5.46 Å². The lowest BCUT2D eigenvalue weighted by atomic mass is 9.78. The Bertz CT molecular complexity index is 1180. The molecule has 1 aliphatic rings. The van der Waals surface area contributed by atoms with E-state index in [0.717, 1.165) is 11.2 Å². The fourth-order valence-corrected chi connectivity index (χ4v) is 3.76. The van der Waals surface area contributed by atoms with Gasteiger partial charge in [-0.3, -0.25) is 0 Å². The summed E-state index contributed by atoms with van der Waals surface area (Å²) in [6, 6.07) is 25.3. The van der Waals surface area contributed by atoms with Gasteiger partial charge in [-0.05, 0) is 43.6 Å². The van der Waals surface area contributed by atoms with E-state index in [2.05, 4.69) is 77.9 Å². The molecule has 0 unspecified atom stereocenters. The molecule has 0 N–H and O–H groups in total. The minimum atomic E-state index is -0.475. The fraction of sp³-hybridized carbons (Fsp3) is 0.130. The zero-order valence-corrected chi connectivity index (χ0v) is 15.5. The van der Waals surface area contributed by atoms with Crippen LogP contribution in [0, 0.1) is 0 Å². The molecular weight excluding hydrogens is 333 g/mol. The van der Waals surface area contributed by atoms with Crippen LogP contribution in [0.4, 0.5) is 0 Å². The highest BCUT2D eigenvalue weighted by Gasteiger charge is 2.42. The van der Waals surface area contributed by atoms with E-state index in [-0.39, 0.29) is 0 Å². The van der Waals surface area contributed by atoms with Gasteiger partial charge in [-0.25, -0.2) is 0 Å². The standard InChI is InChI=1S/C23H20BNO2/c1-16-23(2,3)27-24(26-16)17-13-14-22-20(15-17)19-11-7-8-12-21(19)25(22)18-9-5-4-6-10-18/h4-15H,1H2,2-3H3. The largest absolute Gasteiger partial charge is 0.563 e. The number of para-hydroxylation sites is 2. The average Bonchev–Trinajstić information content (AvgIpc) is 3.15. The number of nitrogens with zero attached hydrogens (tertiary/aromatic N) is 1. The number of fused-ring (bicyclic) bond motifs is 3. The van der Waals surface area contributed by atoms with Crippen LogP contribution in [0.2, 0.25) is 0 Å². The van der Waals surface area contributed by atoms with Crippen LogP contribution >= 0.6 is 0 Å². The molecule has 4 heteroatoms. The summed E-state index contributed by atoms with van der Waals surface area (Å²) in [4.78, 5) is 0. The second kappa shape index (κ2) is 5.76. The van der Waals surface area contributed by atoms with E-state index >= 15 is 0 Å². The first-order valence-corrected chi connectivity index (χ1v) is 9.17. The smallest absolute Gasteiger partial charge is 0.534 e. The minimum Gasteiger partial charge on any atom is -0.534 e. The van der Waals surface area contributed by atoms with Gasteiger partial charge < -0.3 is 13.9 Å². The van der Waals surface area contributed by atoms with Gasteiger partial charge in [0, 0.05) is 16.5 Å². The summed E-state index contributed by atoms with van der Waals surface area (Å²) in [6.07, 6.45) is 0. The van der Waals surface area contributed by atoms with E-state index in [4.69, 9.17) is 9.31 Å². The molecule has 3 aromatic carbocycles. The second-order valence-corrected chi connectivity index (χ2v) is 7.47. The predicted octanol–water partition coefficient (Wildman–Crippen LogP) is 4.82. The number of rotatable bonds is 2. The van der Waals surface area contributed by atoms with Crippen LogP contribution in [0.3, 0.4) is 0 Å². The van der Waals surface area contributed by atoms with Crippen molar-refractivity contribution in [3.63, 3.8) is 0 Å². The molecule has 1 fully saturated rings. The maximum atomic E-state index is 6.07. The van der Waals surface area contributed by atoms with Crippen molar-refractivity contribution in [3.8, 4) is 5.69 Å². The van der Waals surface area contributed by atoms with Gasteiger partial charge in [-0.2, -0.15) is 0 Å². The van der Waals surface area contributed by atoms with E-state index in [1.165, 1.54) is 21.8 Å². The Morgan fingerprint density at radius 1 is 0.852 bits per heavy atom. The van der Waals surface area contributed by atoms with E-state index in [1.54, 1.807) is 0 Å². The van der Waals surface area contributed by atoms with Crippen LogP contribution in [0.15, 0.2) is 85.1 Å². The summed E-state index contributed by atoms with van der Waals surface area (Å²) >= 11 is 0. The molecule has 1 aromatic heterocycles. The SMILES string of the molecule is C=C1OB(c2ccc3c(c2)c2ccccc2n3-c2ccccc2)OC1(C)C. The van der Waals surface area contributed by atoms with E-state index in [9.17, 15) is 0 Å². The van der Waals surface area contributed by atoms with Crippen LogP contribution in [0.5, 0.6) is 0 Å². The van der Waals surface area contributed by atoms with Crippen molar-refractivity contribution < 1.29 is 9.31 Å². The van der Waals surface area contributed by atoms with Gasteiger partial charge in [-0.15, -0.1) is 0 Å². The van der Waals surface area contributed by atoms with Crippen LogP contribution in [0.25, 0.3) is 27.5 Å². The second-order valence-electron chi connectivity index (χ2n) is 7.47. The van der Waals surface area contributed by atoms with Gasteiger partial charge in [0.25, 0.3) is 0 Å². The number of aromatic nitrogens is 1. The molecule has 0 atom stereocenters. The topological polar surface area (TPSA) is 23.4 Å². The number of hydrogen-bond donors (Lipinski definition) is 0. The Labute approximate surface area is 159 Å². The minimum absolute atomic E-state index is 0.421. The van der Waals surface area contributed by atoms with Crippen molar-refractivity contribution >= 4 is 34.4 Å². The summed E-state index contributed by atoms with van der Waals surface area (Å²) in [5.41, 5.74) is 4.04. The molecule has 0 saturated carbocycles. The maximum Gasteiger partial charge on any atom is 0.563 e. The summed E-state index contributed by atoms with van der Waals surface area (Å²) in [6.45, 7) is 7.95. The molecule has 0 bridgehead atoms. The summed E-state index contributed by atoms with van der Waals surface area (Å²) in [7, 11) is -0.421. The van der Waals surface area contributed by atoms with Gasteiger partial charge in [-0.1, -0.05) is 55.1 Å². The Morgan fingerprint density at radius 3 is 2.30 bits per heavy atom. The molecule has 4 aromatic rings. The van der Waals surface area contributed by atoms with Crippen molar-refractivity contribution in [1.29, 1.82) is 0 Å². The maximum absolute atomic E-state index is 6.07. The molecule has 27 heavy (non-hydrogen) atoms.